The highest BCUT2D eigenvalue weighted by molar-refractivity contribution is 5.65. The van der Waals surface area contributed by atoms with Gasteiger partial charge in [0.15, 0.2) is 17.3 Å². The van der Waals surface area contributed by atoms with Crippen LogP contribution >= 0.6 is 0 Å². The first-order valence-electron chi connectivity index (χ1n) is 9.80. The predicted octanol–water partition coefficient (Wildman–Crippen LogP) is 3.84. The van der Waals surface area contributed by atoms with Crippen molar-refractivity contribution in [3.05, 3.63) is 29.2 Å². The van der Waals surface area contributed by atoms with Crippen LogP contribution < -0.4 is 4.90 Å². The summed E-state index contributed by atoms with van der Waals surface area (Å²) >= 11 is 0. The van der Waals surface area contributed by atoms with Crippen molar-refractivity contribution in [2.75, 3.05) is 18.0 Å². The number of hydrogen-bond acceptors (Lipinski definition) is 6. The Morgan fingerprint density at radius 1 is 1.00 bits per heavy atom. The standard InChI is InChI=1S/C16H20N8.C2H6.CHF3/c1-11-10-17-12(2)15-18-13(20-24(11)15)6-7-14-19-16(21-22(14)3)23-8-4-5-9-23;1-2;2-1(3)4/h6-7,10H,4-5,8-9H2,1-3H3;1-2H3;1H/b7-6+;;. The van der Waals surface area contributed by atoms with Gasteiger partial charge in [-0.3, -0.25) is 4.98 Å². The second-order valence-electron chi connectivity index (χ2n) is 6.36. The second-order valence-corrected chi connectivity index (χ2v) is 6.36. The maximum absolute atomic E-state index is 9.67. The molecule has 0 bridgehead atoms. The van der Waals surface area contributed by atoms with Gasteiger partial charge in [-0.1, -0.05) is 13.8 Å². The first-order chi connectivity index (χ1) is 14.3. The molecule has 0 amide bonds. The number of nitrogens with zero attached hydrogens (tertiary/aromatic N) is 8. The topological polar surface area (TPSA) is 77.0 Å². The van der Waals surface area contributed by atoms with Crippen LogP contribution in [-0.4, -0.2) is 54.1 Å². The lowest BCUT2D eigenvalue weighted by molar-refractivity contribution is 0.00819. The lowest BCUT2D eigenvalue weighted by Gasteiger charge is -2.10. The molecule has 0 atom stereocenters. The van der Waals surface area contributed by atoms with Crippen LogP contribution in [0.4, 0.5) is 19.1 Å². The summed E-state index contributed by atoms with van der Waals surface area (Å²) in [5.74, 6) is 2.23. The number of hydrogen-bond donors (Lipinski definition) is 0. The number of fused-ring (bicyclic) bond motifs is 1. The monoisotopic (exact) mass is 424 g/mol. The van der Waals surface area contributed by atoms with E-state index in [9.17, 15) is 13.2 Å². The normalized spacial score (nSPS) is 13.6. The molecule has 11 heteroatoms. The molecule has 3 aromatic heterocycles. The molecule has 3 aromatic rings. The smallest absolute Gasteiger partial charge is 0.340 e. The summed E-state index contributed by atoms with van der Waals surface area (Å²) in [5.41, 5.74) is 2.60. The summed E-state index contributed by atoms with van der Waals surface area (Å²) in [6, 6.07) is 0. The lowest BCUT2D eigenvalue weighted by Crippen LogP contribution is -2.19. The molecule has 164 valence electrons. The number of rotatable bonds is 3. The third-order valence-electron chi connectivity index (χ3n) is 4.28. The summed E-state index contributed by atoms with van der Waals surface area (Å²) in [7, 11) is 1.90. The van der Waals surface area contributed by atoms with Crippen LogP contribution in [0, 0.1) is 13.8 Å². The van der Waals surface area contributed by atoms with Gasteiger partial charge in [0.1, 0.15) is 0 Å². The number of anilines is 1. The molecular weight excluding hydrogens is 397 g/mol. The molecule has 0 unspecified atom stereocenters. The van der Waals surface area contributed by atoms with Crippen LogP contribution in [-0.2, 0) is 7.05 Å². The number of aryl methyl sites for hydroxylation is 3. The molecule has 0 saturated carbocycles. The van der Waals surface area contributed by atoms with Crippen molar-refractivity contribution in [1.82, 2.24) is 34.3 Å². The molecule has 8 nitrogen and oxygen atoms in total. The van der Waals surface area contributed by atoms with E-state index in [1.807, 2.05) is 51.4 Å². The highest BCUT2D eigenvalue weighted by atomic mass is 19.4. The van der Waals surface area contributed by atoms with Gasteiger partial charge >= 0.3 is 6.68 Å². The van der Waals surface area contributed by atoms with Gasteiger partial charge in [0.2, 0.25) is 5.95 Å². The quantitative estimate of drug-likeness (QED) is 0.636. The molecule has 1 saturated heterocycles. The van der Waals surface area contributed by atoms with Gasteiger partial charge in [-0.25, -0.2) is 14.2 Å². The van der Waals surface area contributed by atoms with Crippen molar-refractivity contribution >= 4 is 23.7 Å². The number of halogens is 3. The minimum absolute atomic E-state index is 0.639. The van der Waals surface area contributed by atoms with Crippen molar-refractivity contribution in [3.63, 3.8) is 0 Å². The fourth-order valence-electron chi connectivity index (χ4n) is 2.91. The van der Waals surface area contributed by atoms with E-state index in [1.54, 1.807) is 10.9 Å². The Kier molecular flexibility index (Phi) is 8.31. The van der Waals surface area contributed by atoms with E-state index in [0.717, 1.165) is 41.9 Å². The van der Waals surface area contributed by atoms with Crippen molar-refractivity contribution in [2.24, 2.45) is 7.05 Å². The average Bonchev–Trinajstić information content (AvgIpc) is 3.44. The van der Waals surface area contributed by atoms with E-state index in [1.165, 1.54) is 12.8 Å². The zero-order valence-electron chi connectivity index (χ0n) is 17.8. The Hall–Kier alpha value is -2.98. The second kappa shape index (κ2) is 10.7. The van der Waals surface area contributed by atoms with Crippen molar-refractivity contribution in [1.29, 1.82) is 0 Å². The van der Waals surface area contributed by atoms with Gasteiger partial charge in [-0.05, 0) is 38.8 Å². The van der Waals surface area contributed by atoms with Crippen molar-refractivity contribution < 1.29 is 13.2 Å². The summed E-state index contributed by atoms with van der Waals surface area (Å²) < 4.78 is 32.6. The summed E-state index contributed by atoms with van der Waals surface area (Å²) in [6.07, 6.45) is 7.99. The molecule has 0 radical (unpaired) electrons. The van der Waals surface area contributed by atoms with E-state index < -0.39 is 6.68 Å². The van der Waals surface area contributed by atoms with E-state index in [-0.39, 0.29) is 0 Å². The van der Waals surface area contributed by atoms with Crippen LogP contribution in [0.15, 0.2) is 6.20 Å². The van der Waals surface area contributed by atoms with Crippen LogP contribution in [0.25, 0.3) is 17.8 Å². The van der Waals surface area contributed by atoms with Crippen LogP contribution in [0.5, 0.6) is 0 Å². The molecule has 30 heavy (non-hydrogen) atoms. The van der Waals surface area contributed by atoms with Gasteiger partial charge in [-0.2, -0.15) is 18.2 Å². The van der Waals surface area contributed by atoms with E-state index in [2.05, 4.69) is 30.0 Å². The molecule has 0 N–H and O–H groups in total. The summed E-state index contributed by atoms with van der Waals surface area (Å²) in [6.45, 7) is 6.30. The number of aromatic nitrogens is 7. The van der Waals surface area contributed by atoms with Gasteiger partial charge in [0.25, 0.3) is 0 Å². The first kappa shape index (κ1) is 23.3. The highest BCUT2D eigenvalue weighted by Gasteiger charge is 2.17. The Bertz CT molecular complexity index is 932. The van der Waals surface area contributed by atoms with Crippen molar-refractivity contribution in [3.8, 4) is 0 Å². The summed E-state index contributed by atoms with van der Waals surface area (Å²) in [4.78, 5) is 15.7. The Morgan fingerprint density at radius 2 is 1.63 bits per heavy atom. The predicted molar refractivity (Wildman–Crippen MR) is 110 cm³/mol. The maximum Gasteiger partial charge on any atom is 0.379 e. The summed E-state index contributed by atoms with van der Waals surface area (Å²) in [5, 5.41) is 9.01. The molecule has 4 heterocycles. The first-order valence-corrected chi connectivity index (χ1v) is 9.80. The van der Waals surface area contributed by atoms with E-state index in [4.69, 9.17) is 0 Å². The number of alkyl halides is 3. The van der Waals surface area contributed by atoms with Crippen molar-refractivity contribution in [2.45, 2.75) is 47.2 Å². The Labute approximate surface area is 173 Å². The van der Waals surface area contributed by atoms with Crippen LogP contribution in [0.1, 0.15) is 49.7 Å². The zero-order valence-corrected chi connectivity index (χ0v) is 17.8. The average molecular weight is 424 g/mol. The molecule has 1 aliphatic heterocycles. The molecule has 0 aliphatic carbocycles. The fraction of sp³-hybridized carbons (Fsp3) is 0.526. The van der Waals surface area contributed by atoms with Gasteiger partial charge in [-0.15, -0.1) is 10.2 Å². The third kappa shape index (κ3) is 5.77. The molecular formula is C19H27F3N8. The Morgan fingerprint density at radius 3 is 2.23 bits per heavy atom. The van der Waals surface area contributed by atoms with Crippen LogP contribution in [0.2, 0.25) is 0 Å². The molecule has 1 aliphatic rings. The third-order valence-corrected chi connectivity index (χ3v) is 4.28. The molecule has 4 rings (SSSR count). The molecule has 1 fully saturated rings. The maximum atomic E-state index is 9.67. The highest BCUT2D eigenvalue weighted by Crippen LogP contribution is 2.17. The minimum atomic E-state index is -3.67. The SMILES string of the molecule is CC.Cc1ncc(C)n2nc(/C=C/c3nc(N4CCCC4)nn3C)nc12.FC(F)F. The molecule has 0 aromatic carbocycles. The van der Waals surface area contributed by atoms with E-state index in [0.29, 0.717) is 5.82 Å². The Balaban J connectivity index is 0.000000481. The lowest BCUT2D eigenvalue weighted by atomic mass is 10.4. The van der Waals surface area contributed by atoms with Gasteiger partial charge in [0, 0.05) is 26.3 Å². The molecule has 0 spiro atoms. The van der Waals surface area contributed by atoms with E-state index >= 15 is 0 Å². The minimum Gasteiger partial charge on any atom is -0.340 e. The largest absolute Gasteiger partial charge is 0.379 e. The van der Waals surface area contributed by atoms with Crippen LogP contribution in [0.3, 0.4) is 0 Å². The van der Waals surface area contributed by atoms with Gasteiger partial charge in [0.05, 0.1) is 11.4 Å². The fourth-order valence-corrected chi connectivity index (χ4v) is 2.91. The zero-order chi connectivity index (χ0) is 22.3. The van der Waals surface area contributed by atoms with Gasteiger partial charge < -0.3 is 4.90 Å².